The Morgan fingerprint density at radius 3 is 2.52 bits per heavy atom. The summed E-state index contributed by atoms with van der Waals surface area (Å²) in [6.07, 6.45) is 2.39. The van der Waals surface area contributed by atoms with E-state index < -0.39 is 5.97 Å². The third kappa shape index (κ3) is 4.80. The maximum atomic E-state index is 12.0. The molecule has 2 N–H and O–H groups in total. The molecule has 5 heteroatoms. The molecule has 1 aromatic heterocycles. The number of carboxylic acids is 1. The van der Waals surface area contributed by atoms with Crippen LogP contribution >= 0.6 is 0 Å². The van der Waals surface area contributed by atoms with Gasteiger partial charge in [-0.05, 0) is 30.5 Å². The standard InChI is InChI=1S/C16H17NO4/c18-15(19)9-8-13(11-12-5-2-1-3-6-12)17-16(20)14-7-4-10-21-14/h1-7,10,13H,8-9,11H2,(H,17,20)(H,18,19). The SMILES string of the molecule is O=C(O)CCC(Cc1ccccc1)NC(=O)c1ccco1. The summed E-state index contributed by atoms with van der Waals surface area (Å²) in [4.78, 5) is 22.7. The molecule has 0 saturated carbocycles. The number of carbonyl (C=O) groups is 2. The highest BCUT2D eigenvalue weighted by Crippen LogP contribution is 2.09. The van der Waals surface area contributed by atoms with Crippen molar-refractivity contribution >= 4 is 11.9 Å². The molecule has 1 amide bonds. The molecule has 0 aliphatic carbocycles. The highest BCUT2D eigenvalue weighted by atomic mass is 16.4. The van der Waals surface area contributed by atoms with Crippen molar-refractivity contribution in [3.05, 3.63) is 60.1 Å². The number of furan rings is 1. The first-order chi connectivity index (χ1) is 10.1. The molecule has 2 rings (SSSR count). The zero-order valence-corrected chi connectivity index (χ0v) is 11.5. The summed E-state index contributed by atoms with van der Waals surface area (Å²) in [7, 11) is 0. The van der Waals surface area contributed by atoms with E-state index in [2.05, 4.69) is 5.32 Å². The van der Waals surface area contributed by atoms with Crippen molar-refractivity contribution in [3.8, 4) is 0 Å². The Morgan fingerprint density at radius 2 is 1.90 bits per heavy atom. The fraction of sp³-hybridized carbons (Fsp3) is 0.250. The van der Waals surface area contributed by atoms with Crippen molar-refractivity contribution in [1.82, 2.24) is 5.32 Å². The summed E-state index contributed by atoms with van der Waals surface area (Å²) in [5.74, 6) is -0.977. The van der Waals surface area contributed by atoms with Crippen molar-refractivity contribution < 1.29 is 19.1 Å². The van der Waals surface area contributed by atoms with Gasteiger partial charge in [-0.25, -0.2) is 0 Å². The molecule has 0 bridgehead atoms. The molecule has 110 valence electrons. The van der Waals surface area contributed by atoms with Crippen LogP contribution in [-0.4, -0.2) is 23.0 Å². The average Bonchev–Trinajstić information content (AvgIpc) is 3.00. The van der Waals surface area contributed by atoms with Gasteiger partial charge in [-0.15, -0.1) is 0 Å². The molecule has 0 aliphatic rings. The maximum Gasteiger partial charge on any atom is 0.303 e. The predicted molar refractivity (Wildman–Crippen MR) is 77.0 cm³/mol. The van der Waals surface area contributed by atoms with E-state index in [1.165, 1.54) is 6.26 Å². The summed E-state index contributed by atoms with van der Waals surface area (Å²) < 4.78 is 5.04. The van der Waals surface area contributed by atoms with Crippen LogP contribution in [0.15, 0.2) is 53.1 Å². The van der Waals surface area contributed by atoms with Crippen LogP contribution in [0.5, 0.6) is 0 Å². The van der Waals surface area contributed by atoms with Crippen LogP contribution in [-0.2, 0) is 11.2 Å². The first-order valence-electron chi connectivity index (χ1n) is 6.75. The minimum atomic E-state index is -0.875. The molecule has 0 saturated heterocycles. The minimum Gasteiger partial charge on any atom is -0.481 e. The smallest absolute Gasteiger partial charge is 0.303 e. The van der Waals surface area contributed by atoms with Crippen LogP contribution in [0, 0.1) is 0 Å². The molecular formula is C16H17NO4. The van der Waals surface area contributed by atoms with E-state index in [-0.39, 0.29) is 24.1 Å². The van der Waals surface area contributed by atoms with Gasteiger partial charge in [0, 0.05) is 12.5 Å². The third-order valence-electron chi connectivity index (χ3n) is 3.11. The molecule has 21 heavy (non-hydrogen) atoms. The second-order valence-electron chi connectivity index (χ2n) is 4.77. The number of carboxylic acid groups (broad SMARTS) is 1. The van der Waals surface area contributed by atoms with Crippen molar-refractivity contribution in [3.63, 3.8) is 0 Å². The van der Waals surface area contributed by atoms with Gasteiger partial charge in [-0.3, -0.25) is 9.59 Å². The number of hydrogen-bond acceptors (Lipinski definition) is 3. The number of amides is 1. The molecular weight excluding hydrogens is 270 g/mol. The summed E-state index contributed by atoms with van der Waals surface area (Å²) in [5.41, 5.74) is 1.05. The zero-order valence-electron chi connectivity index (χ0n) is 11.5. The molecule has 1 unspecified atom stereocenters. The predicted octanol–water partition coefficient (Wildman–Crippen LogP) is 2.49. The van der Waals surface area contributed by atoms with Crippen LogP contribution in [0.2, 0.25) is 0 Å². The second kappa shape index (κ2) is 7.28. The summed E-state index contributed by atoms with van der Waals surface area (Å²) in [5, 5.41) is 11.6. The Kier molecular flexibility index (Phi) is 5.15. The number of rotatable bonds is 7. The van der Waals surface area contributed by atoms with Crippen LogP contribution in [0.25, 0.3) is 0 Å². The minimum absolute atomic E-state index is 0.00986. The lowest BCUT2D eigenvalue weighted by atomic mass is 10.0. The van der Waals surface area contributed by atoms with E-state index in [0.717, 1.165) is 5.56 Å². The molecule has 1 atom stereocenters. The van der Waals surface area contributed by atoms with Gasteiger partial charge in [0.1, 0.15) is 0 Å². The Hall–Kier alpha value is -2.56. The average molecular weight is 287 g/mol. The molecule has 0 fully saturated rings. The van der Waals surface area contributed by atoms with Gasteiger partial charge in [0.15, 0.2) is 5.76 Å². The van der Waals surface area contributed by atoms with Crippen LogP contribution in [0.4, 0.5) is 0 Å². The number of nitrogens with one attached hydrogen (secondary N) is 1. The summed E-state index contributed by atoms with van der Waals surface area (Å²) in [6.45, 7) is 0. The van der Waals surface area contributed by atoms with E-state index in [9.17, 15) is 9.59 Å². The molecule has 0 aliphatic heterocycles. The number of carbonyl (C=O) groups excluding carboxylic acids is 1. The summed E-state index contributed by atoms with van der Waals surface area (Å²) in [6, 6.07) is 12.6. The van der Waals surface area contributed by atoms with Crippen LogP contribution in [0.1, 0.15) is 29.0 Å². The highest BCUT2D eigenvalue weighted by molar-refractivity contribution is 5.91. The first kappa shape index (κ1) is 14.8. The fourth-order valence-electron chi connectivity index (χ4n) is 2.09. The number of aliphatic carboxylic acids is 1. The Bertz CT molecular complexity index is 578. The second-order valence-corrected chi connectivity index (χ2v) is 4.77. The van der Waals surface area contributed by atoms with E-state index in [0.29, 0.717) is 12.8 Å². The van der Waals surface area contributed by atoms with Crippen molar-refractivity contribution in [2.24, 2.45) is 0 Å². The largest absolute Gasteiger partial charge is 0.481 e. The Labute approximate surface area is 122 Å². The molecule has 0 spiro atoms. The highest BCUT2D eigenvalue weighted by Gasteiger charge is 2.17. The molecule has 1 aromatic carbocycles. The number of hydrogen-bond donors (Lipinski definition) is 2. The molecule has 1 heterocycles. The van der Waals surface area contributed by atoms with Gasteiger partial charge in [-0.1, -0.05) is 30.3 Å². The summed E-state index contributed by atoms with van der Waals surface area (Å²) >= 11 is 0. The third-order valence-corrected chi connectivity index (χ3v) is 3.11. The van der Waals surface area contributed by atoms with Gasteiger partial charge in [0.05, 0.1) is 6.26 Å². The normalized spacial score (nSPS) is 11.8. The van der Waals surface area contributed by atoms with E-state index >= 15 is 0 Å². The van der Waals surface area contributed by atoms with Crippen LogP contribution < -0.4 is 5.32 Å². The topological polar surface area (TPSA) is 79.5 Å². The lowest BCUT2D eigenvalue weighted by molar-refractivity contribution is -0.137. The molecule has 0 radical (unpaired) electrons. The Morgan fingerprint density at radius 1 is 1.14 bits per heavy atom. The van der Waals surface area contributed by atoms with Gasteiger partial charge in [-0.2, -0.15) is 0 Å². The van der Waals surface area contributed by atoms with E-state index in [1.54, 1.807) is 12.1 Å². The first-order valence-corrected chi connectivity index (χ1v) is 6.75. The molecule has 5 nitrogen and oxygen atoms in total. The van der Waals surface area contributed by atoms with Crippen molar-refractivity contribution in [1.29, 1.82) is 0 Å². The molecule has 2 aromatic rings. The fourth-order valence-corrected chi connectivity index (χ4v) is 2.09. The van der Waals surface area contributed by atoms with Gasteiger partial charge in [0.25, 0.3) is 5.91 Å². The van der Waals surface area contributed by atoms with Crippen molar-refractivity contribution in [2.75, 3.05) is 0 Å². The monoisotopic (exact) mass is 287 g/mol. The lowest BCUT2D eigenvalue weighted by Crippen LogP contribution is -2.36. The van der Waals surface area contributed by atoms with Crippen LogP contribution in [0.3, 0.4) is 0 Å². The van der Waals surface area contributed by atoms with E-state index in [4.69, 9.17) is 9.52 Å². The van der Waals surface area contributed by atoms with Crippen molar-refractivity contribution in [2.45, 2.75) is 25.3 Å². The maximum absolute atomic E-state index is 12.0. The lowest BCUT2D eigenvalue weighted by Gasteiger charge is -2.17. The number of benzene rings is 1. The quantitative estimate of drug-likeness (QED) is 0.820. The Balaban J connectivity index is 2.01. The van der Waals surface area contributed by atoms with E-state index in [1.807, 2.05) is 30.3 Å². The van der Waals surface area contributed by atoms with Gasteiger partial charge < -0.3 is 14.8 Å². The van der Waals surface area contributed by atoms with Gasteiger partial charge in [0.2, 0.25) is 0 Å². The zero-order chi connectivity index (χ0) is 15.1. The van der Waals surface area contributed by atoms with Gasteiger partial charge >= 0.3 is 5.97 Å².